The van der Waals surface area contributed by atoms with Gasteiger partial charge in [-0.3, -0.25) is 4.79 Å². The highest BCUT2D eigenvalue weighted by atomic mass is 16.5. The standard InChI is InChI=1S/C13H26N2O3/c1-4-18-13(17)9-12(16)10-15(3)11-5-7-14(2)8-6-11/h11-12,16H,4-10H2,1-3H3. The molecule has 1 saturated heterocycles. The third-order valence-electron chi connectivity index (χ3n) is 3.52. The van der Waals surface area contributed by atoms with E-state index in [9.17, 15) is 9.90 Å². The number of likely N-dealkylation sites (N-methyl/N-ethyl adjacent to an activating group) is 1. The maximum Gasteiger partial charge on any atom is 0.308 e. The van der Waals surface area contributed by atoms with Gasteiger partial charge in [0, 0.05) is 12.6 Å². The van der Waals surface area contributed by atoms with Crippen LogP contribution < -0.4 is 0 Å². The van der Waals surface area contributed by atoms with Crippen LogP contribution in [0.5, 0.6) is 0 Å². The average molecular weight is 258 g/mol. The van der Waals surface area contributed by atoms with Crippen molar-refractivity contribution in [2.45, 2.75) is 38.3 Å². The van der Waals surface area contributed by atoms with Gasteiger partial charge in [0.15, 0.2) is 0 Å². The van der Waals surface area contributed by atoms with Crippen LogP contribution in [0.4, 0.5) is 0 Å². The number of aliphatic hydroxyl groups is 1. The highest BCUT2D eigenvalue weighted by Crippen LogP contribution is 2.14. The van der Waals surface area contributed by atoms with Crippen molar-refractivity contribution in [1.29, 1.82) is 0 Å². The maximum atomic E-state index is 11.2. The Kier molecular flexibility index (Phi) is 6.60. The Morgan fingerprint density at radius 2 is 2.11 bits per heavy atom. The van der Waals surface area contributed by atoms with E-state index in [2.05, 4.69) is 16.8 Å². The monoisotopic (exact) mass is 258 g/mol. The van der Waals surface area contributed by atoms with E-state index in [1.807, 2.05) is 7.05 Å². The van der Waals surface area contributed by atoms with E-state index in [0.29, 0.717) is 19.2 Å². The minimum absolute atomic E-state index is 0.0881. The lowest BCUT2D eigenvalue weighted by atomic mass is 10.0. The number of nitrogens with zero attached hydrogens (tertiary/aromatic N) is 2. The Hall–Kier alpha value is -0.650. The van der Waals surface area contributed by atoms with E-state index in [0.717, 1.165) is 25.9 Å². The third-order valence-corrected chi connectivity index (χ3v) is 3.52. The summed E-state index contributed by atoms with van der Waals surface area (Å²) in [5.41, 5.74) is 0. The summed E-state index contributed by atoms with van der Waals surface area (Å²) in [7, 11) is 4.15. The minimum Gasteiger partial charge on any atom is -0.466 e. The Labute approximate surface area is 110 Å². The lowest BCUT2D eigenvalue weighted by Crippen LogP contribution is -2.44. The summed E-state index contributed by atoms with van der Waals surface area (Å²) in [6.07, 6.45) is 1.71. The topological polar surface area (TPSA) is 53.0 Å². The lowest BCUT2D eigenvalue weighted by molar-refractivity contribution is -0.145. The number of esters is 1. The molecule has 1 atom stereocenters. The molecule has 0 amide bonds. The first-order chi connectivity index (χ1) is 8.52. The number of piperidine rings is 1. The number of ether oxygens (including phenoxy) is 1. The number of likely N-dealkylation sites (tertiary alicyclic amines) is 1. The summed E-state index contributed by atoms with van der Waals surface area (Å²) in [5.74, 6) is -0.318. The Morgan fingerprint density at radius 1 is 1.50 bits per heavy atom. The van der Waals surface area contributed by atoms with Crippen LogP contribution in [0.25, 0.3) is 0 Å². The van der Waals surface area contributed by atoms with E-state index in [-0.39, 0.29) is 12.4 Å². The van der Waals surface area contributed by atoms with Crippen LogP contribution in [0.3, 0.4) is 0 Å². The Morgan fingerprint density at radius 3 is 2.67 bits per heavy atom. The van der Waals surface area contributed by atoms with Crippen molar-refractivity contribution in [1.82, 2.24) is 9.80 Å². The van der Waals surface area contributed by atoms with Crippen LogP contribution in [-0.4, -0.2) is 73.4 Å². The van der Waals surface area contributed by atoms with Crippen LogP contribution in [0, 0.1) is 0 Å². The number of carbonyl (C=O) groups is 1. The van der Waals surface area contributed by atoms with Gasteiger partial charge in [-0.2, -0.15) is 0 Å². The average Bonchev–Trinajstić information content (AvgIpc) is 2.29. The van der Waals surface area contributed by atoms with Crippen LogP contribution in [0.2, 0.25) is 0 Å². The molecule has 0 aromatic heterocycles. The summed E-state index contributed by atoms with van der Waals surface area (Å²) >= 11 is 0. The fourth-order valence-electron chi connectivity index (χ4n) is 2.39. The molecule has 0 aromatic carbocycles. The van der Waals surface area contributed by atoms with Crippen LogP contribution in [-0.2, 0) is 9.53 Å². The molecule has 5 nitrogen and oxygen atoms in total. The highest BCUT2D eigenvalue weighted by Gasteiger charge is 2.23. The van der Waals surface area contributed by atoms with Crippen molar-refractivity contribution in [2.75, 3.05) is 40.3 Å². The molecule has 0 radical (unpaired) electrons. The maximum absolute atomic E-state index is 11.2. The minimum atomic E-state index is -0.631. The number of hydrogen-bond donors (Lipinski definition) is 1. The van der Waals surface area contributed by atoms with Gasteiger partial charge in [-0.05, 0) is 47.0 Å². The molecule has 1 N–H and O–H groups in total. The van der Waals surface area contributed by atoms with Gasteiger partial charge in [0.05, 0.1) is 19.1 Å². The summed E-state index contributed by atoms with van der Waals surface area (Å²) < 4.78 is 4.83. The number of hydrogen-bond acceptors (Lipinski definition) is 5. The van der Waals surface area contributed by atoms with Gasteiger partial charge in [0.1, 0.15) is 0 Å². The molecule has 1 aliphatic heterocycles. The SMILES string of the molecule is CCOC(=O)CC(O)CN(C)C1CCN(C)CC1. The summed E-state index contributed by atoms with van der Waals surface area (Å²) in [6.45, 7) is 4.88. The first kappa shape index (κ1) is 15.4. The molecule has 0 bridgehead atoms. The van der Waals surface area contributed by atoms with E-state index in [4.69, 9.17) is 4.74 Å². The molecular formula is C13H26N2O3. The van der Waals surface area contributed by atoms with E-state index >= 15 is 0 Å². The fraction of sp³-hybridized carbons (Fsp3) is 0.923. The smallest absolute Gasteiger partial charge is 0.308 e. The quantitative estimate of drug-likeness (QED) is 0.696. The van der Waals surface area contributed by atoms with Crippen molar-refractivity contribution in [3.63, 3.8) is 0 Å². The van der Waals surface area contributed by atoms with Crippen molar-refractivity contribution in [3.05, 3.63) is 0 Å². The normalized spacial score (nSPS) is 20.1. The van der Waals surface area contributed by atoms with Gasteiger partial charge in [0.25, 0.3) is 0 Å². The first-order valence-electron chi connectivity index (χ1n) is 6.75. The number of rotatable bonds is 6. The Balaban J connectivity index is 2.26. The molecule has 5 heteroatoms. The van der Waals surface area contributed by atoms with Crippen molar-refractivity contribution in [2.24, 2.45) is 0 Å². The molecule has 106 valence electrons. The third kappa shape index (κ3) is 5.33. The zero-order valence-electron chi connectivity index (χ0n) is 11.8. The van der Waals surface area contributed by atoms with Crippen LogP contribution in [0.15, 0.2) is 0 Å². The molecule has 1 unspecified atom stereocenters. The molecule has 1 aliphatic rings. The van der Waals surface area contributed by atoms with Gasteiger partial charge in [0.2, 0.25) is 0 Å². The second-order valence-electron chi connectivity index (χ2n) is 5.14. The predicted molar refractivity (Wildman–Crippen MR) is 70.4 cm³/mol. The predicted octanol–water partition coefficient (Wildman–Crippen LogP) is 0.327. The van der Waals surface area contributed by atoms with Gasteiger partial charge < -0.3 is 19.6 Å². The van der Waals surface area contributed by atoms with Crippen molar-refractivity contribution >= 4 is 5.97 Å². The highest BCUT2D eigenvalue weighted by molar-refractivity contribution is 5.69. The van der Waals surface area contributed by atoms with Gasteiger partial charge in [-0.15, -0.1) is 0 Å². The van der Waals surface area contributed by atoms with Crippen molar-refractivity contribution < 1.29 is 14.6 Å². The van der Waals surface area contributed by atoms with Crippen LogP contribution in [0.1, 0.15) is 26.2 Å². The van der Waals surface area contributed by atoms with E-state index in [1.165, 1.54) is 0 Å². The molecule has 0 aromatic rings. The molecule has 1 rings (SSSR count). The molecule has 18 heavy (non-hydrogen) atoms. The van der Waals surface area contributed by atoms with E-state index < -0.39 is 6.10 Å². The summed E-state index contributed by atoms with van der Waals surface area (Å²) in [6, 6.07) is 0.512. The fourth-order valence-corrected chi connectivity index (χ4v) is 2.39. The molecule has 0 saturated carbocycles. The molecular weight excluding hydrogens is 232 g/mol. The Bertz CT molecular complexity index is 253. The largest absolute Gasteiger partial charge is 0.466 e. The van der Waals surface area contributed by atoms with Crippen LogP contribution >= 0.6 is 0 Å². The first-order valence-corrected chi connectivity index (χ1v) is 6.75. The molecule has 0 aliphatic carbocycles. The molecule has 1 fully saturated rings. The van der Waals surface area contributed by atoms with Gasteiger partial charge >= 0.3 is 5.97 Å². The molecule has 1 heterocycles. The summed E-state index contributed by atoms with van der Waals surface area (Å²) in [5, 5.41) is 9.85. The van der Waals surface area contributed by atoms with Crippen molar-refractivity contribution in [3.8, 4) is 0 Å². The molecule has 0 spiro atoms. The number of aliphatic hydroxyl groups excluding tert-OH is 1. The second kappa shape index (κ2) is 7.71. The number of carbonyl (C=O) groups excluding carboxylic acids is 1. The van der Waals surface area contributed by atoms with E-state index in [1.54, 1.807) is 6.92 Å². The summed E-state index contributed by atoms with van der Waals surface area (Å²) in [4.78, 5) is 15.7. The van der Waals surface area contributed by atoms with Gasteiger partial charge in [-0.25, -0.2) is 0 Å². The lowest BCUT2D eigenvalue weighted by Gasteiger charge is -2.35. The van der Waals surface area contributed by atoms with Gasteiger partial charge in [-0.1, -0.05) is 0 Å². The second-order valence-corrected chi connectivity index (χ2v) is 5.14. The zero-order chi connectivity index (χ0) is 13.5. The zero-order valence-corrected chi connectivity index (χ0v) is 11.8.